The summed E-state index contributed by atoms with van der Waals surface area (Å²) in [7, 11) is 1.86. The summed E-state index contributed by atoms with van der Waals surface area (Å²) in [6.07, 6.45) is 5.20. The normalized spacial score (nSPS) is 20.1. The third kappa shape index (κ3) is 5.26. The van der Waals surface area contributed by atoms with Crippen LogP contribution in [0.1, 0.15) is 62.5 Å². The van der Waals surface area contributed by atoms with Crippen LogP contribution in [0.25, 0.3) is 0 Å². The van der Waals surface area contributed by atoms with E-state index in [0.29, 0.717) is 19.1 Å². The number of hydrogen-bond donors (Lipinski definition) is 1. The van der Waals surface area contributed by atoms with Crippen molar-refractivity contribution in [1.29, 1.82) is 0 Å². The number of fused-ring (bicyclic) bond motifs is 1. The highest BCUT2D eigenvalue weighted by Crippen LogP contribution is 2.30. The average molecular weight is 466 g/mol. The molecule has 0 spiro atoms. The highest BCUT2D eigenvalue weighted by molar-refractivity contribution is 6.02. The van der Waals surface area contributed by atoms with Gasteiger partial charge in [-0.15, -0.1) is 0 Å². The predicted octanol–water partition coefficient (Wildman–Crippen LogP) is 4.45. The van der Waals surface area contributed by atoms with Crippen LogP contribution in [0, 0.1) is 12.8 Å². The maximum atomic E-state index is 13.2. The van der Waals surface area contributed by atoms with Gasteiger partial charge in [-0.05, 0) is 63.1 Å². The van der Waals surface area contributed by atoms with Gasteiger partial charge in [-0.1, -0.05) is 26.3 Å². The van der Waals surface area contributed by atoms with Crippen molar-refractivity contribution in [1.82, 2.24) is 15.1 Å². The molecule has 1 fully saturated rings. The Morgan fingerprint density at radius 1 is 1.35 bits per heavy atom. The molecular formula is C27H39N5O2. The van der Waals surface area contributed by atoms with Crippen LogP contribution in [0.4, 0.5) is 11.4 Å². The number of hydrogen-bond acceptors (Lipinski definition) is 5. The number of benzene rings is 1. The fourth-order valence-electron chi connectivity index (χ4n) is 4.97. The van der Waals surface area contributed by atoms with Crippen LogP contribution in [-0.2, 0) is 22.4 Å². The average Bonchev–Trinajstić information content (AvgIpc) is 3.27. The SMILES string of the molecule is CCC/C(=N\c1cc(N(C)C(=O)C(C)N2CCOCC2)ccc1C)c1n[nH]c2c1CC(C)CC2. The number of anilines is 1. The van der Waals surface area contributed by atoms with E-state index in [9.17, 15) is 4.79 Å². The monoisotopic (exact) mass is 465 g/mol. The number of ether oxygens (including phenoxy) is 1. The molecule has 1 aliphatic carbocycles. The number of nitrogens with zero attached hydrogens (tertiary/aromatic N) is 4. The van der Waals surface area contributed by atoms with Gasteiger partial charge in [-0.2, -0.15) is 5.10 Å². The first-order chi connectivity index (χ1) is 16.4. The summed E-state index contributed by atoms with van der Waals surface area (Å²) in [5.74, 6) is 0.759. The summed E-state index contributed by atoms with van der Waals surface area (Å²) < 4.78 is 5.44. The summed E-state index contributed by atoms with van der Waals surface area (Å²) in [4.78, 5) is 22.3. The largest absolute Gasteiger partial charge is 0.379 e. The van der Waals surface area contributed by atoms with Crippen LogP contribution < -0.4 is 4.90 Å². The second-order valence-electron chi connectivity index (χ2n) is 9.88. The molecule has 4 rings (SSSR count). The second-order valence-corrected chi connectivity index (χ2v) is 9.88. The molecule has 1 aliphatic heterocycles. The number of amides is 1. The van der Waals surface area contributed by atoms with E-state index in [1.165, 1.54) is 17.7 Å². The van der Waals surface area contributed by atoms with E-state index in [-0.39, 0.29) is 11.9 Å². The molecule has 0 bridgehead atoms. The van der Waals surface area contributed by atoms with Crippen molar-refractivity contribution in [2.24, 2.45) is 10.9 Å². The van der Waals surface area contributed by atoms with E-state index in [1.54, 1.807) is 4.90 Å². The minimum absolute atomic E-state index is 0.0878. The first-order valence-corrected chi connectivity index (χ1v) is 12.7. The standard InChI is InChI=1S/C27H39N5O2/c1-6-7-24(26-22-16-18(2)8-11-23(22)29-30-26)28-25-17-21(10-9-19(25)3)31(5)27(33)20(4)32-12-14-34-15-13-32/h9-10,17-18,20H,6-8,11-16H2,1-5H3,(H,29,30)/b28-24+. The maximum absolute atomic E-state index is 13.2. The Balaban J connectivity index is 1.61. The Morgan fingerprint density at radius 2 is 2.12 bits per heavy atom. The Morgan fingerprint density at radius 3 is 2.85 bits per heavy atom. The molecule has 1 N–H and O–H groups in total. The summed E-state index contributed by atoms with van der Waals surface area (Å²) >= 11 is 0. The summed E-state index contributed by atoms with van der Waals surface area (Å²) in [6.45, 7) is 11.5. The van der Waals surface area contributed by atoms with Gasteiger partial charge >= 0.3 is 0 Å². The molecule has 2 heterocycles. The lowest BCUT2D eigenvalue weighted by Crippen LogP contribution is -2.50. The van der Waals surface area contributed by atoms with Gasteiger partial charge in [0, 0.05) is 37.1 Å². The quantitative estimate of drug-likeness (QED) is 0.613. The van der Waals surface area contributed by atoms with Crippen LogP contribution in [0.5, 0.6) is 0 Å². The van der Waals surface area contributed by atoms with E-state index in [2.05, 4.69) is 36.8 Å². The lowest BCUT2D eigenvalue weighted by molar-refractivity contribution is -0.124. The number of rotatable bonds is 7. The highest BCUT2D eigenvalue weighted by atomic mass is 16.5. The molecule has 184 valence electrons. The van der Waals surface area contributed by atoms with Crippen molar-refractivity contribution in [2.75, 3.05) is 38.3 Å². The fourth-order valence-corrected chi connectivity index (χ4v) is 4.97. The molecule has 0 saturated carbocycles. The number of aromatic amines is 1. The van der Waals surface area contributed by atoms with Crippen LogP contribution in [0.2, 0.25) is 0 Å². The molecule has 2 aromatic rings. The van der Waals surface area contributed by atoms with Gasteiger partial charge in [0.15, 0.2) is 0 Å². The number of aromatic nitrogens is 2. The van der Waals surface area contributed by atoms with Gasteiger partial charge in [0.1, 0.15) is 5.69 Å². The molecule has 1 saturated heterocycles. The van der Waals surface area contributed by atoms with E-state index >= 15 is 0 Å². The molecular weight excluding hydrogens is 426 g/mol. The Hall–Kier alpha value is -2.51. The van der Waals surface area contributed by atoms with Gasteiger partial charge in [-0.25, -0.2) is 0 Å². The number of carbonyl (C=O) groups is 1. The molecule has 0 radical (unpaired) electrons. The number of likely N-dealkylation sites (N-methyl/N-ethyl adjacent to an activating group) is 1. The van der Waals surface area contributed by atoms with Crippen molar-refractivity contribution in [3.63, 3.8) is 0 Å². The maximum Gasteiger partial charge on any atom is 0.243 e. The Bertz CT molecular complexity index is 1040. The van der Waals surface area contributed by atoms with E-state index in [1.807, 2.05) is 26.1 Å². The summed E-state index contributed by atoms with van der Waals surface area (Å²) in [5, 5.41) is 7.98. The van der Waals surface area contributed by atoms with Gasteiger partial charge in [0.25, 0.3) is 0 Å². The minimum Gasteiger partial charge on any atom is -0.379 e. The molecule has 2 aliphatic rings. The molecule has 1 amide bonds. The predicted molar refractivity (Wildman–Crippen MR) is 137 cm³/mol. The molecule has 1 aromatic carbocycles. The first-order valence-electron chi connectivity index (χ1n) is 12.7. The van der Waals surface area contributed by atoms with E-state index < -0.39 is 0 Å². The molecule has 1 aromatic heterocycles. The van der Waals surface area contributed by atoms with Crippen LogP contribution in [0.3, 0.4) is 0 Å². The fraction of sp³-hybridized carbons (Fsp3) is 0.593. The Labute approximate surface area is 203 Å². The van der Waals surface area contributed by atoms with Gasteiger partial charge in [-0.3, -0.25) is 19.8 Å². The highest BCUT2D eigenvalue weighted by Gasteiger charge is 2.27. The number of aliphatic imine (C=N–C) groups is 1. The van der Waals surface area contributed by atoms with Gasteiger partial charge in [0.05, 0.1) is 30.7 Å². The van der Waals surface area contributed by atoms with Gasteiger partial charge in [0.2, 0.25) is 5.91 Å². The summed E-state index contributed by atoms with van der Waals surface area (Å²) in [5.41, 5.74) is 7.53. The lowest BCUT2D eigenvalue weighted by Gasteiger charge is -2.33. The van der Waals surface area contributed by atoms with Crippen LogP contribution >= 0.6 is 0 Å². The number of H-pyrrole nitrogens is 1. The molecule has 2 atom stereocenters. The number of aryl methyl sites for hydroxylation is 2. The minimum atomic E-state index is -0.185. The zero-order valence-corrected chi connectivity index (χ0v) is 21.4. The topological polar surface area (TPSA) is 73.8 Å². The number of morpholine rings is 1. The Kier molecular flexibility index (Phi) is 7.84. The van der Waals surface area contributed by atoms with Crippen LogP contribution in [-0.4, -0.2) is 66.1 Å². The summed E-state index contributed by atoms with van der Waals surface area (Å²) in [6, 6.07) is 5.92. The molecule has 7 nitrogen and oxygen atoms in total. The van der Waals surface area contributed by atoms with Crippen molar-refractivity contribution in [3.05, 3.63) is 40.7 Å². The smallest absolute Gasteiger partial charge is 0.243 e. The zero-order valence-electron chi connectivity index (χ0n) is 21.4. The number of nitrogens with one attached hydrogen (secondary N) is 1. The van der Waals surface area contributed by atoms with Crippen molar-refractivity contribution in [2.45, 2.75) is 65.8 Å². The second kappa shape index (κ2) is 10.8. The number of carbonyl (C=O) groups excluding carboxylic acids is 1. The molecule has 2 unspecified atom stereocenters. The van der Waals surface area contributed by atoms with Crippen molar-refractivity contribution >= 4 is 23.0 Å². The van der Waals surface area contributed by atoms with Crippen molar-refractivity contribution in [3.8, 4) is 0 Å². The lowest BCUT2D eigenvalue weighted by atomic mass is 9.86. The van der Waals surface area contributed by atoms with Crippen LogP contribution in [0.15, 0.2) is 23.2 Å². The van der Waals surface area contributed by atoms with E-state index in [4.69, 9.17) is 14.8 Å². The third-order valence-corrected chi connectivity index (χ3v) is 7.27. The van der Waals surface area contributed by atoms with E-state index in [0.717, 1.165) is 67.1 Å². The zero-order chi connectivity index (χ0) is 24.2. The molecule has 34 heavy (non-hydrogen) atoms. The van der Waals surface area contributed by atoms with Gasteiger partial charge < -0.3 is 9.64 Å². The molecule has 7 heteroatoms. The van der Waals surface area contributed by atoms with Crippen molar-refractivity contribution < 1.29 is 9.53 Å². The first kappa shape index (κ1) is 24.6. The third-order valence-electron chi connectivity index (χ3n) is 7.27.